The summed E-state index contributed by atoms with van der Waals surface area (Å²) in [5.41, 5.74) is 0. The Balaban J connectivity index is 1.90. The third-order valence-corrected chi connectivity index (χ3v) is 4.33. The molecule has 0 saturated carbocycles. The van der Waals surface area contributed by atoms with Crippen LogP contribution in [0.25, 0.3) is 10.1 Å². The Kier molecular flexibility index (Phi) is 3.00. The van der Waals surface area contributed by atoms with E-state index >= 15 is 0 Å². The molecular weight excluding hydrogens is 269 g/mol. The van der Waals surface area contributed by atoms with Gasteiger partial charge in [-0.2, -0.15) is 0 Å². The molecule has 6 heteroatoms. The molecule has 1 saturated heterocycles. The molecular formula is C13H12FNO3S. The molecule has 1 aliphatic rings. The summed E-state index contributed by atoms with van der Waals surface area (Å²) in [4.78, 5) is 14.1. The lowest BCUT2D eigenvalue weighted by atomic mass is 10.2. The first-order valence-electron chi connectivity index (χ1n) is 5.89. The number of hydrogen-bond donors (Lipinski definition) is 2. The van der Waals surface area contributed by atoms with E-state index in [0.29, 0.717) is 9.58 Å². The summed E-state index contributed by atoms with van der Waals surface area (Å²) < 4.78 is 13.8. The van der Waals surface area contributed by atoms with Crippen LogP contribution >= 0.6 is 11.3 Å². The van der Waals surface area contributed by atoms with Crippen LogP contribution in [0.5, 0.6) is 0 Å². The summed E-state index contributed by atoms with van der Waals surface area (Å²) in [5, 5.41) is 19.7. The maximum absolute atomic E-state index is 13.1. The van der Waals surface area contributed by atoms with Gasteiger partial charge in [-0.25, -0.2) is 4.39 Å². The van der Waals surface area contributed by atoms with Gasteiger partial charge in [0.15, 0.2) is 0 Å². The number of halogens is 1. The number of rotatable bonds is 1. The Morgan fingerprint density at radius 1 is 1.26 bits per heavy atom. The number of β-amino-alcohol motifs (C(OH)–C–C–N with tert-alkyl or cyclic N) is 2. The fraction of sp³-hybridized carbons (Fsp3) is 0.308. The van der Waals surface area contributed by atoms with Gasteiger partial charge in [-0.1, -0.05) is 6.07 Å². The van der Waals surface area contributed by atoms with Gasteiger partial charge < -0.3 is 15.1 Å². The van der Waals surface area contributed by atoms with Crippen molar-refractivity contribution in [3.63, 3.8) is 0 Å². The minimum Gasteiger partial charge on any atom is -0.388 e. The average molecular weight is 281 g/mol. The van der Waals surface area contributed by atoms with Crippen molar-refractivity contribution in [2.24, 2.45) is 0 Å². The number of fused-ring (bicyclic) bond motifs is 1. The normalized spacial score (nSPS) is 23.2. The minimum atomic E-state index is -0.893. The highest BCUT2D eigenvalue weighted by molar-refractivity contribution is 7.20. The van der Waals surface area contributed by atoms with Crippen LogP contribution in [-0.2, 0) is 0 Å². The first-order chi connectivity index (χ1) is 9.04. The minimum absolute atomic E-state index is 0.128. The van der Waals surface area contributed by atoms with Crippen molar-refractivity contribution in [1.82, 2.24) is 4.90 Å². The summed E-state index contributed by atoms with van der Waals surface area (Å²) in [6.45, 7) is 0.255. The molecule has 1 amide bonds. The molecule has 2 N–H and O–H groups in total. The maximum Gasteiger partial charge on any atom is 0.264 e. The largest absolute Gasteiger partial charge is 0.388 e. The SMILES string of the molecule is O=C(c1cc2ccc(F)cc2s1)N1C[C@@H](O)[C@@H](O)C1. The summed E-state index contributed by atoms with van der Waals surface area (Å²) in [6.07, 6.45) is -1.79. The van der Waals surface area contributed by atoms with Crippen molar-refractivity contribution >= 4 is 27.3 Å². The molecule has 2 atom stereocenters. The molecule has 2 heterocycles. The number of benzene rings is 1. The molecule has 0 bridgehead atoms. The third kappa shape index (κ3) is 2.22. The lowest BCUT2D eigenvalue weighted by Crippen LogP contribution is -2.29. The van der Waals surface area contributed by atoms with Crippen molar-refractivity contribution in [2.75, 3.05) is 13.1 Å². The molecule has 1 aromatic heterocycles. The summed E-state index contributed by atoms with van der Waals surface area (Å²) >= 11 is 1.21. The summed E-state index contributed by atoms with van der Waals surface area (Å²) in [6, 6.07) is 6.08. The Hall–Kier alpha value is -1.50. The van der Waals surface area contributed by atoms with Crippen LogP contribution in [0, 0.1) is 5.82 Å². The van der Waals surface area contributed by atoms with E-state index < -0.39 is 12.2 Å². The average Bonchev–Trinajstić information content (AvgIpc) is 2.92. The van der Waals surface area contributed by atoms with Crippen LogP contribution < -0.4 is 0 Å². The lowest BCUT2D eigenvalue weighted by molar-refractivity contribution is 0.0572. The molecule has 4 nitrogen and oxygen atoms in total. The number of carbonyl (C=O) groups is 1. The number of nitrogens with zero attached hydrogens (tertiary/aromatic N) is 1. The zero-order chi connectivity index (χ0) is 13.6. The number of aliphatic hydroxyl groups excluding tert-OH is 2. The molecule has 3 rings (SSSR count). The van der Waals surface area contributed by atoms with E-state index in [4.69, 9.17) is 0 Å². The number of aliphatic hydroxyl groups is 2. The molecule has 1 fully saturated rings. The molecule has 0 spiro atoms. The van der Waals surface area contributed by atoms with Crippen LogP contribution in [0.1, 0.15) is 9.67 Å². The molecule has 0 radical (unpaired) electrons. The van der Waals surface area contributed by atoms with E-state index in [9.17, 15) is 19.4 Å². The van der Waals surface area contributed by atoms with Gasteiger partial charge in [-0.15, -0.1) is 11.3 Å². The number of carbonyl (C=O) groups excluding carboxylic acids is 1. The molecule has 1 aromatic carbocycles. The quantitative estimate of drug-likeness (QED) is 0.826. The van der Waals surface area contributed by atoms with Crippen molar-refractivity contribution in [1.29, 1.82) is 0 Å². The Bertz CT molecular complexity index is 632. The van der Waals surface area contributed by atoms with E-state index in [-0.39, 0.29) is 24.8 Å². The van der Waals surface area contributed by atoms with Crippen molar-refractivity contribution in [3.8, 4) is 0 Å². The molecule has 1 aliphatic heterocycles. The standard InChI is InChI=1S/C13H12FNO3S/c14-8-2-1-7-3-12(19-11(7)4-8)13(18)15-5-9(16)10(17)6-15/h1-4,9-10,16-17H,5-6H2/t9-,10+. The van der Waals surface area contributed by atoms with Crippen LogP contribution in [0.15, 0.2) is 24.3 Å². The highest BCUT2D eigenvalue weighted by Gasteiger charge is 2.33. The number of hydrogen-bond acceptors (Lipinski definition) is 4. The molecule has 0 aliphatic carbocycles. The summed E-state index contributed by atoms with van der Waals surface area (Å²) in [5.74, 6) is -0.572. The van der Waals surface area contributed by atoms with Crippen molar-refractivity contribution in [2.45, 2.75) is 12.2 Å². The van der Waals surface area contributed by atoms with E-state index in [1.165, 1.54) is 28.4 Å². The zero-order valence-corrected chi connectivity index (χ0v) is 10.7. The lowest BCUT2D eigenvalue weighted by Gasteiger charge is -2.13. The Labute approximate surface area is 112 Å². The highest BCUT2D eigenvalue weighted by atomic mass is 32.1. The first kappa shape index (κ1) is 12.5. The van der Waals surface area contributed by atoms with Gasteiger partial charge in [-0.05, 0) is 23.6 Å². The van der Waals surface area contributed by atoms with E-state index in [1.54, 1.807) is 12.1 Å². The van der Waals surface area contributed by atoms with Crippen molar-refractivity contribution < 1.29 is 19.4 Å². The van der Waals surface area contributed by atoms with E-state index in [2.05, 4.69) is 0 Å². The summed E-state index contributed by atoms with van der Waals surface area (Å²) in [7, 11) is 0. The number of amides is 1. The van der Waals surface area contributed by atoms with Crippen LogP contribution in [0.4, 0.5) is 4.39 Å². The zero-order valence-electron chi connectivity index (χ0n) is 9.91. The molecule has 0 unspecified atom stereocenters. The predicted octanol–water partition coefficient (Wildman–Crippen LogP) is 1.22. The van der Waals surface area contributed by atoms with Gasteiger partial charge in [0, 0.05) is 17.8 Å². The van der Waals surface area contributed by atoms with Gasteiger partial charge in [0.05, 0.1) is 17.1 Å². The van der Waals surface area contributed by atoms with Gasteiger partial charge in [0.1, 0.15) is 5.82 Å². The van der Waals surface area contributed by atoms with Crippen LogP contribution in [0.3, 0.4) is 0 Å². The first-order valence-corrected chi connectivity index (χ1v) is 6.71. The molecule has 100 valence electrons. The van der Waals surface area contributed by atoms with Crippen molar-refractivity contribution in [3.05, 3.63) is 35.0 Å². The van der Waals surface area contributed by atoms with Gasteiger partial charge in [0.25, 0.3) is 5.91 Å². The topological polar surface area (TPSA) is 60.8 Å². The second-order valence-corrected chi connectivity index (χ2v) is 5.72. The molecule has 2 aromatic rings. The van der Waals surface area contributed by atoms with Gasteiger partial charge >= 0.3 is 0 Å². The smallest absolute Gasteiger partial charge is 0.264 e. The highest BCUT2D eigenvalue weighted by Crippen LogP contribution is 2.28. The monoisotopic (exact) mass is 281 g/mol. The fourth-order valence-electron chi connectivity index (χ4n) is 2.20. The predicted molar refractivity (Wildman–Crippen MR) is 69.7 cm³/mol. The Morgan fingerprint density at radius 2 is 1.95 bits per heavy atom. The number of thiophene rings is 1. The third-order valence-electron chi connectivity index (χ3n) is 3.24. The second kappa shape index (κ2) is 4.56. The second-order valence-electron chi connectivity index (χ2n) is 4.64. The molecule has 19 heavy (non-hydrogen) atoms. The fourth-order valence-corrected chi connectivity index (χ4v) is 3.26. The van der Waals surface area contributed by atoms with Gasteiger partial charge in [-0.3, -0.25) is 4.79 Å². The van der Waals surface area contributed by atoms with Crippen LogP contribution in [0.2, 0.25) is 0 Å². The van der Waals surface area contributed by atoms with E-state index in [0.717, 1.165) is 5.39 Å². The maximum atomic E-state index is 13.1. The Morgan fingerprint density at radius 3 is 2.63 bits per heavy atom. The van der Waals surface area contributed by atoms with E-state index in [1.807, 2.05) is 0 Å². The number of likely N-dealkylation sites (tertiary alicyclic amines) is 1. The van der Waals surface area contributed by atoms with Gasteiger partial charge in [0.2, 0.25) is 0 Å². The van der Waals surface area contributed by atoms with Crippen LogP contribution in [-0.4, -0.2) is 46.3 Å².